The normalized spacial score (nSPS) is 16.5. The monoisotopic (exact) mass is 379 g/mol. The van der Waals surface area contributed by atoms with Crippen LogP contribution in [0.4, 0.5) is 4.79 Å². The zero-order valence-corrected chi connectivity index (χ0v) is 15.3. The SMILES string of the molecule is C[C@@H](NC(=O)N1CCN(CCO)CC1)c1nc(-c2ccc(Cl)cc2)no1. The van der Waals surface area contributed by atoms with Crippen molar-refractivity contribution in [3.63, 3.8) is 0 Å². The van der Waals surface area contributed by atoms with E-state index in [4.69, 9.17) is 21.2 Å². The van der Waals surface area contributed by atoms with Gasteiger partial charge in [0.1, 0.15) is 6.04 Å². The van der Waals surface area contributed by atoms with Gasteiger partial charge in [-0.3, -0.25) is 4.90 Å². The molecule has 0 spiro atoms. The molecular formula is C17H22ClN5O3. The number of halogens is 1. The molecule has 1 atom stereocenters. The molecule has 140 valence electrons. The smallest absolute Gasteiger partial charge is 0.318 e. The van der Waals surface area contributed by atoms with Crippen molar-refractivity contribution in [1.82, 2.24) is 25.3 Å². The number of piperazine rings is 1. The van der Waals surface area contributed by atoms with Crippen LogP contribution < -0.4 is 5.32 Å². The average Bonchev–Trinajstić information content (AvgIpc) is 3.13. The predicted octanol–water partition coefficient (Wildman–Crippen LogP) is 1.77. The second-order valence-electron chi connectivity index (χ2n) is 6.19. The second kappa shape index (κ2) is 8.48. The third kappa shape index (κ3) is 4.51. The number of β-amino-alcohol motifs (C(OH)–C–C–N with tert-alkyl or cyclic N) is 1. The minimum atomic E-state index is -0.397. The van der Waals surface area contributed by atoms with E-state index in [2.05, 4.69) is 20.4 Å². The van der Waals surface area contributed by atoms with Crippen molar-refractivity contribution in [1.29, 1.82) is 0 Å². The Morgan fingerprint density at radius 1 is 1.31 bits per heavy atom. The van der Waals surface area contributed by atoms with Crippen molar-refractivity contribution in [3.8, 4) is 11.4 Å². The van der Waals surface area contributed by atoms with Crippen molar-refractivity contribution < 1.29 is 14.4 Å². The lowest BCUT2D eigenvalue weighted by molar-refractivity contribution is 0.120. The van der Waals surface area contributed by atoms with Crippen molar-refractivity contribution in [3.05, 3.63) is 35.2 Å². The van der Waals surface area contributed by atoms with Gasteiger partial charge in [-0.2, -0.15) is 4.98 Å². The number of hydrogen-bond acceptors (Lipinski definition) is 6. The third-order valence-electron chi connectivity index (χ3n) is 4.33. The van der Waals surface area contributed by atoms with E-state index in [1.807, 2.05) is 12.1 Å². The zero-order valence-electron chi connectivity index (χ0n) is 14.6. The number of amides is 2. The van der Waals surface area contributed by atoms with Gasteiger partial charge in [0.15, 0.2) is 0 Å². The minimum absolute atomic E-state index is 0.135. The first-order valence-corrected chi connectivity index (χ1v) is 8.93. The van der Waals surface area contributed by atoms with Crippen LogP contribution in [0.2, 0.25) is 5.02 Å². The number of urea groups is 1. The lowest BCUT2D eigenvalue weighted by Gasteiger charge is -2.34. The van der Waals surface area contributed by atoms with Crippen molar-refractivity contribution in [2.24, 2.45) is 0 Å². The van der Waals surface area contributed by atoms with Gasteiger partial charge in [0.25, 0.3) is 0 Å². The molecule has 26 heavy (non-hydrogen) atoms. The number of aliphatic hydroxyl groups is 1. The Labute approximate surface area is 156 Å². The fourth-order valence-corrected chi connectivity index (χ4v) is 2.91. The number of aliphatic hydroxyl groups excluding tert-OH is 1. The predicted molar refractivity (Wildman–Crippen MR) is 96.8 cm³/mol. The number of carbonyl (C=O) groups excluding carboxylic acids is 1. The van der Waals surface area contributed by atoms with E-state index in [0.29, 0.717) is 36.4 Å². The van der Waals surface area contributed by atoms with Gasteiger partial charge in [0, 0.05) is 43.3 Å². The van der Waals surface area contributed by atoms with Gasteiger partial charge in [-0.15, -0.1) is 0 Å². The Kier molecular flexibility index (Phi) is 6.08. The Bertz CT molecular complexity index is 728. The fourth-order valence-electron chi connectivity index (χ4n) is 2.78. The number of carbonyl (C=O) groups is 1. The Balaban J connectivity index is 1.56. The van der Waals surface area contributed by atoms with Gasteiger partial charge >= 0.3 is 6.03 Å². The molecule has 0 aliphatic carbocycles. The summed E-state index contributed by atoms with van der Waals surface area (Å²) >= 11 is 5.88. The maximum Gasteiger partial charge on any atom is 0.318 e. The van der Waals surface area contributed by atoms with Crippen LogP contribution in [0.1, 0.15) is 18.9 Å². The number of nitrogens with zero attached hydrogens (tertiary/aromatic N) is 4. The lowest BCUT2D eigenvalue weighted by atomic mass is 10.2. The van der Waals surface area contributed by atoms with E-state index in [-0.39, 0.29) is 12.6 Å². The maximum atomic E-state index is 12.4. The van der Waals surface area contributed by atoms with Crippen LogP contribution in [0.25, 0.3) is 11.4 Å². The fraction of sp³-hybridized carbons (Fsp3) is 0.471. The number of rotatable bonds is 5. The van der Waals surface area contributed by atoms with Gasteiger partial charge in [-0.05, 0) is 31.2 Å². The minimum Gasteiger partial charge on any atom is -0.395 e. The van der Waals surface area contributed by atoms with E-state index in [0.717, 1.165) is 18.7 Å². The van der Waals surface area contributed by atoms with Gasteiger partial charge in [-0.1, -0.05) is 16.8 Å². The van der Waals surface area contributed by atoms with E-state index in [1.165, 1.54) is 0 Å². The maximum absolute atomic E-state index is 12.4. The Morgan fingerprint density at radius 2 is 2.00 bits per heavy atom. The molecule has 2 N–H and O–H groups in total. The highest BCUT2D eigenvalue weighted by molar-refractivity contribution is 6.30. The molecule has 1 fully saturated rings. The summed E-state index contributed by atoms with van der Waals surface area (Å²) < 4.78 is 5.28. The van der Waals surface area contributed by atoms with Gasteiger partial charge in [-0.25, -0.2) is 4.79 Å². The van der Waals surface area contributed by atoms with Crippen LogP contribution >= 0.6 is 11.6 Å². The molecule has 8 nitrogen and oxygen atoms in total. The molecule has 1 saturated heterocycles. The van der Waals surface area contributed by atoms with E-state index < -0.39 is 6.04 Å². The molecule has 2 amide bonds. The summed E-state index contributed by atoms with van der Waals surface area (Å²) in [6.45, 7) is 5.33. The highest BCUT2D eigenvalue weighted by Gasteiger charge is 2.24. The molecule has 2 heterocycles. The molecule has 9 heteroatoms. The summed E-state index contributed by atoms with van der Waals surface area (Å²) in [7, 11) is 0. The van der Waals surface area contributed by atoms with E-state index in [1.54, 1.807) is 24.0 Å². The summed E-state index contributed by atoms with van der Waals surface area (Å²) in [6.07, 6.45) is 0. The highest BCUT2D eigenvalue weighted by atomic mass is 35.5. The quantitative estimate of drug-likeness (QED) is 0.822. The van der Waals surface area contributed by atoms with E-state index >= 15 is 0 Å². The molecule has 1 aromatic heterocycles. The molecule has 1 aromatic carbocycles. The molecule has 1 aliphatic heterocycles. The molecular weight excluding hydrogens is 358 g/mol. The largest absolute Gasteiger partial charge is 0.395 e. The summed E-state index contributed by atoms with van der Waals surface area (Å²) in [6, 6.07) is 6.58. The lowest BCUT2D eigenvalue weighted by Crippen LogP contribution is -2.52. The molecule has 2 aromatic rings. The first kappa shape index (κ1) is 18.6. The average molecular weight is 380 g/mol. The van der Waals surface area contributed by atoms with Gasteiger partial charge in [0.05, 0.1) is 6.61 Å². The molecule has 0 radical (unpaired) electrons. The molecule has 0 unspecified atom stereocenters. The van der Waals surface area contributed by atoms with Crippen LogP contribution in [-0.2, 0) is 0 Å². The van der Waals surface area contributed by atoms with Crippen LogP contribution in [0.5, 0.6) is 0 Å². The van der Waals surface area contributed by atoms with Crippen LogP contribution in [0, 0.1) is 0 Å². The number of nitrogens with one attached hydrogen (secondary N) is 1. The first-order chi connectivity index (χ1) is 12.6. The molecule has 1 aliphatic rings. The summed E-state index contributed by atoms with van der Waals surface area (Å²) in [5.74, 6) is 0.803. The molecule has 3 rings (SSSR count). The second-order valence-corrected chi connectivity index (χ2v) is 6.62. The van der Waals surface area contributed by atoms with Crippen LogP contribution in [0.3, 0.4) is 0 Å². The van der Waals surface area contributed by atoms with Gasteiger partial charge in [0.2, 0.25) is 11.7 Å². The topological polar surface area (TPSA) is 94.7 Å². The van der Waals surface area contributed by atoms with Crippen LogP contribution in [0.15, 0.2) is 28.8 Å². The van der Waals surface area contributed by atoms with E-state index in [9.17, 15) is 4.79 Å². The number of aromatic nitrogens is 2. The van der Waals surface area contributed by atoms with Crippen molar-refractivity contribution in [2.75, 3.05) is 39.3 Å². The van der Waals surface area contributed by atoms with Crippen molar-refractivity contribution >= 4 is 17.6 Å². The third-order valence-corrected chi connectivity index (χ3v) is 4.58. The Hall–Kier alpha value is -2.16. The number of benzene rings is 1. The zero-order chi connectivity index (χ0) is 18.5. The number of hydrogen-bond donors (Lipinski definition) is 2. The summed E-state index contributed by atoms with van der Waals surface area (Å²) in [5.41, 5.74) is 0.794. The summed E-state index contributed by atoms with van der Waals surface area (Å²) in [5, 5.41) is 16.5. The molecule has 0 saturated carbocycles. The Morgan fingerprint density at radius 3 is 2.65 bits per heavy atom. The van der Waals surface area contributed by atoms with Gasteiger partial charge < -0.3 is 19.8 Å². The van der Waals surface area contributed by atoms with Crippen LogP contribution in [-0.4, -0.2) is 70.4 Å². The van der Waals surface area contributed by atoms with Crippen molar-refractivity contribution in [2.45, 2.75) is 13.0 Å². The molecule has 0 bridgehead atoms. The summed E-state index contributed by atoms with van der Waals surface area (Å²) in [4.78, 5) is 20.6. The highest BCUT2D eigenvalue weighted by Crippen LogP contribution is 2.20. The standard InChI is InChI=1S/C17H22ClN5O3/c1-12(19-17(25)23-8-6-22(7-9-23)10-11-24)16-20-15(21-26-16)13-2-4-14(18)5-3-13/h2-5,12,24H,6-11H2,1H3,(H,19,25)/t12-/m1/s1. The first-order valence-electron chi connectivity index (χ1n) is 8.55.